The predicted molar refractivity (Wildman–Crippen MR) is 72.7 cm³/mol. The average molecular weight is 265 g/mol. The molecule has 1 aromatic rings. The molecule has 1 aliphatic rings. The Morgan fingerprint density at radius 2 is 2.26 bits per heavy atom. The van der Waals surface area contributed by atoms with Gasteiger partial charge in [-0.25, -0.2) is 4.98 Å². The third-order valence-electron chi connectivity index (χ3n) is 3.42. The summed E-state index contributed by atoms with van der Waals surface area (Å²) in [7, 11) is 0. The Labute approximate surface area is 114 Å². The molecular formula is C14H23N3O2. The fourth-order valence-corrected chi connectivity index (χ4v) is 2.30. The number of nitrogens with one attached hydrogen (secondary N) is 1. The summed E-state index contributed by atoms with van der Waals surface area (Å²) in [5.74, 6) is 0.0657. The predicted octanol–water partition coefficient (Wildman–Crippen LogP) is 1.74. The Morgan fingerprint density at radius 1 is 1.37 bits per heavy atom. The highest BCUT2D eigenvalue weighted by Crippen LogP contribution is 2.11. The van der Waals surface area contributed by atoms with Crippen LogP contribution in [0.15, 0.2) is 18.7 Å². The molecule has 5 heteroatoms. The number of hydrogen-bond donors (Lipinski definition) is 1. The second kappa shape index (κ2) is 7.94. The van der Waals surface area contributed by atoms with E-state index in [1.807, 2.05) is 12.5 Å². The minimum absolute atomic E-state index is 0.0657. The third kappa shape index (κ3) is 5.03. The number of carbonyl (C=O) groups is 1. The van der Waals surface area contributed by atoms with Gasteiger partial charge in [-0.2, -0.15) is 0 Å². The van der Waals surface area contributed by atoms with Crippen molar-refractivity contribution in [2.45, 2.75) is 51.2 Å². The first-order valence-corrected chi connectivity index (χ1v) is 7.21. The number of aromatic nitrogens is 2. The van der Waals surface area contributed by atoms with Gasteiger partial charge >= 0.3 is 0 Å². The summed E-state index contributed by atoms with van der Waals surface area (Å²) in [5.41, 5.74) is 0. The quantitative estimate of drug-likeness (QED) is 0.728. The molecule has 106 valence electrons. The first kappa shape index (κ1) is 14.1. The summed E-state index contributed by atoms with van der Waals surface area (Å²) < 4.78 is 7.43. The summed E-state index contributed by atoms with van der Waals surface area (Å²) in [4.78, 5) is 15.7. The van der Waals surface area contributed by atoms with Gasteiger partial charge in [-0.15, -0.1) is 0 Å². The van der Waals surface area contributed by atoms with E-state index in [0.717, 1.165) is 51.8 Å². The van der Waals surface area contributed by atoms with Gasteiger partial charge in [0, 0.05) is 32.1 Å². The SMILES string of the molecule is O=C(NCCCCCCn1ccnc1)C1CCCO1. The van der Waals surface area contributed by atoms with Crippen molar-refractivity contribution in [2.24, 2.45) is 0 Å². The molecule has 0 saturated carbocycles. The molecule has 1 unspecified atom stereocenters. The topological polar surface area (TPSA) is 56.2 Å². The maximum atomic E-state index is 11.6. The van der Waals surface area contributed by atoms with Crippen molar-refractivity contribution in [3.8, 4) is 0 Å². The van der Waals surface area contributed by atoms with E-state index in [2.05, 4.69) is 14.9 Å². The van der Waals surface area contributed by atoms with Crippen LogP contribution in [0.1, 0.15) is 38.5 Å². The molecule has 1 N–H and O–H groups in total. The smallest absolute Gasteiger partial charge is 0.249 e. The fourth-order valence-electron chi connectivity index (χ4n) is 2.30. The van der Waals surface area contributed by atoms with E-state index < -0.39 is 0 Å². The van der Waals surface area contributed by atoms with Gasteiger partial charge in [0.25, 0.3) is 0 Å². The zero-order chi connectivity index (χ0) is 13.3. The number of rotatable bonds is 8. The van der Waals surface area contributed by atoms with Gasteiger partial charge in [0.1, 0.15) is 6.10 Å². The van der Waals surface area contributed by atoms with Crippen molar-refractivity contribution < 1.29 is 9.53 Å². The molecule has 5 nitrogen and oxygen atoms in total. The molecule has 0 radical (unpaired) electrons. The maximum Gasteiger partial charge on any atom is 0.249 e. The Balaban J connectivity index is 1.42. The van der Waals surface area contributed by atoms with Crippen molar-refractivity contribution in [1.29, 1.82) is 0 Å². The van der Waals surface area contributed by atoms with Gasteiger partial charge in [0.2, 0.25) is 5.91 Å². The number of aryl methyl sites for hydroxylation is 1. The fraction of sp³-hybridized carbons (Fsp3) is 0.714. The number of amides is 1. The second-order valence-corrected chi connectivity index (χ2v) is 5.01. The molecule has 2 heterocycles. The Bertz CT molecular complexity index is 359. The lowest BCUT2D eigenvalue weighted by atomic mass is 10.2. The Kier molecular flexibility index (Phi) is 5.88. The van der Waals surface area contributed by atoms with Crippen LogP contribution in [0.3, 0.4) is 0 Å². The van der Waals surface area contributed by atoms with Gasteiger partial charge in [-0.05, 0) is 25.7 Å². The lowest BCUT2D eigenvalue weighted by Gasteiger charge is -2.10. The zero-order valence-corrected chi connectivity index (χ0v) is 11.4. The molecule has 1 aromatic heterocycles. The molecule has 1 atom stereocenters. The van der Waals surface area contributed by atoms with Gasteiger partial charge in [0.05, 0.1) is 6.33 Å². The molecule has 0 bridgehead atoms. The van der Waals surface area contributed by atoms with Crippen LogP contribution in [0.5, 0.6) is 0 Å². The average Bonchev–Trinajstić information content (AvgIpc) is 3.10. The molecule has 1 fully saturated rings. The molecule has 0 aromatic carbocycles. The number of hydrogen-bond acceptors (Lipinski definition) is 3. The highest BCUT2D eigenvalue weighted by Gasteiger charge is 2.22. The molecule has 2 rings (SSSR count). The first-order chi connectivity index (χ1) is 9.36. The highest BCUT2D eigenvalue weighted by atomic mass is 16.5. The molecule has 1 aliphatic heterocycles. The highest BCUT2D eigenvalue weighted by molar-refractivity contribution is 5.80. The van der Waals surface area contributed by atoms with Crippen LogP contribution in [0, 0.1) is 0 Å². The summed E-state index contributed by atoms with van der Waals surface area (Å²) in [6.07, 6.45) is 11.9. The molecule has 0 aliphatic carbocycles. The molecule has 1 amide bonds. The largest absolute Gasteiger partial charge is 0.368 e. The summed E-state index contributed by atoms with van der Waals surface area (Å²) in [5, 5.41) is 2.95. The minimum Gasteiger partial charge on any atom is -0.368 e. The zero-order valence-electron chi connectivity index (χ0n) is 11.4. The van der Waals surface area contributed by atoms with Gasteiger partial charge < -0.3 is 14.6 Å². The van der Waals surface area contributed by atoms with Crippen LogP contribution < -0.4 is 5.32 Å². The van der Waals surface area contributed by atoms with Crippen LogP contribution in [-0.2, 0) is 16.1 Å². The van der Waals surface area contributed by atoms with Crippen molar-refractivity contribution in [3.63, 3.8) is 0 Å². The summed E-state index contributed by atoms with van der Waals surface area (Å²) in [6.45, 7) is 2.53. The maximum absolute atomic E-state index is 11.6. The molecule has 1 saturated heterocycles. The normalized spacial score (nSPS) is 18.6. The molecular weight excluding hydrogens is 242 g/mol. The number of carbonyl (C=O) groups excluding carboxylic acids is 1. The van der Waals surface area contributed by atoms with E-state index in [1.54, 1.807) is 6.20 Å². The second-order valence-electron chi connectivity index (χ2n) is 5.01. The van der Waals surface area contributed by atoms with Crippen LogP contribution >= 0.6 is 0 Å². The van der Waals surface area contributed by atoms with Gasteiger partial charge in [0.15, 0.2) is 0 Å². The van der Waals surface area contributed by atoms with Crippen LogP contribution in [-0.4, -0.2) is 34.7 Å². The van der Waals surface area contributed by atoms with E-state index in [9.17, 15) is 4.79 Å². The lowest BCUT2D eigenvalue weighted by molar-refractivity contribution is -0.130. The van der Waals surface area contributed by atoms with E-state index in [0.29, 0.717) is 0 Å². The Morgan fingerprint density at radius 3 is 3.00 bits per heavy atom. The molecule has 0 spiro atoms. The number of unbranched alkanes of at least 4 members (excludes halogenated alkanes) is 3. The van der Waals surface area contributed by atoms with E-state index in [1.165, 1.54) is 6.42 Å². The Hall–Kier alpha value is -1.36. The van der Waals surface area contributed by atoms with E-state index in [4.69, 9.17) is 4.74 Å². The van der Waals surface area contributed by atoms with Gasteiger partial charge in [-0.3, -0.25) is 4.79 Å². The van der Waals surface area contributed by atoms with Gasteiger partial charge in [-0.1, -0.05) is 12.8 Å². The summed E-state index contributed by atoms with van der Waals surface area (Å²) in [6, 6.07) is 0. The minimum atomic E-state index is -0.193. The lowest BCUT2D eigenvalue weighted by Crippen LogP contribution is -2.34. The van der Waals surface area contributed by atoms with Crippen molar-refractivity contribution in [2.75, 3.05) is 13.2 Å². The van der Waals surface area contributed by atoms with E-state index in [-0.39, 0.29) is 12.0 Å². The van der Waals surface area contributed by atoms with E-state index >= 15 is 0 Å². The summed E-state index contributed by atoms with van der Waals surface area (Å²) >= 11 is 0. The molecule has 19 heavy (non-hydrogen) atoms. The number of ether oxygens (including phenoxy) is 1. The van der Waals surface area contributed by atoms with Crippen molar-refractivity contribution >= 4 is 5.91 Å². The monoisotopic (exact) mass is 265 g/mol. The number of imidazole rings is 1. The first-order valence-electron chi connectivity index (χ1n) is 7.21. The third-order valence-corrected chi connectivity index (χ3v) is 3.42. The van der Waals surface area contributed by atoms with Crippen molar-refractivity contribution in [1.82, 2.24) is 14.9 Å². The van der Waals surface area contributed by atoms with Crippen molar-refractivity contribution in [3.05, 3.63) is 18.7 Å². The standard InChI is InChI=1S/C14H23N3O2/c18-14(13-6-5-11-19-13)16-7-3-1-2-4-9-17-10-8-15-12-17/h8,10,12-13H,1-7,9,11H2,(H,16,18). The van der Waals surface area contributed by atoms with Crippen LogP contribution in [0.25, 0.3) is 0 Å². The van der Waals surface area contributed by atoms with Crippen LogP contribution in [0.4, 0.5) is 0 Å². The van der Waals surface area contributed by atoms with Crippen LogP contribution in [0.2, 0.25) is 0 Å². The number of nitrogens with zero attached hydrogens (tertiary/aromatic N) is 2.